The Morgan fingerprint density at radius 1 is 1.38 bits per heavy atom. The molecule has 114 valence electrons. The molecule has 0 aliphatic heterocycles. The predicted molar refractivity (Wildman–Crippen MR) is 77.0 cm³/mol. The highest BCUT2D eigenvalue weighted by Crippen LogP contribution is 2.17. The summed E-state index contributed by atoms with van der Waals surface area (Å²) in [4.78, 5) is 4.16. The van der Waals surface area contributed by atoms with Crippen molar-refractivity contribution >= 4 is 10.0 Å². The summed E-state index contributed by atoms with van der Waals surface area (Å²) < 4.78 is 31.8. The second-order valence-electron chi connectivity index (χ2n) is 4.64. The Labute approximate surface area is 123 Å². The van der Waals surface area contributed by atoms with Crippen molar-refractivity contribution in [3.63, 3.8) is 0 Å². The van der Waals surface area contributed by atoms with Gasteiger partial charge in [-0.3, -0.25) is 0 Å². The van der Waals surface area contributed by atoms with Gasteiger partial charge in [0.15, 0.2) is 5.82 Å². The van der Waals surface area contributed by atoms with Crippen molar-refractivity contribution in [2.45, 2.75) is 31.3 Å². The lowest BCUT2D eigenvalue weighted by molar-refractivity contribution is 0.372. The van der Waals surface area contributed by atoms with Gasteiger partial charge in [-0.25, -0.2) is 13.1 Å². The first-order chi connectivity index (χ1) is 9.92. The number of rotatable bonds is 6. The van der Waals surface area contributed by atoms with Crippen LogP contribution < -0.4 is 10.0 Å². The summed E-state index contributed by atoms with van der Waals surface area (Å²) in [5.74, 6) is 0.699. The molecular formula is C13H18N4O3S. The topological polar surface area (TPSA) is 97.1 Å². The number of benzene rings is 1. The molecule has 2 rings (SSSR count). The van der Waals surface area contributed by atoms with Crippen LogP contribution in [0.2, 0.25) is 0 Å². The Morgan fingerprint density at radius 2 is 2.14 bits per heavy atom. The molecule has 0 aliphatic rings. The van der Waals surface area contributed by atoms with Crippen molar-refractivity contribution < 1.29 is 12.9 Å². The molecule has 0 fully saturated rings. The quantitative estimate of drug-likeness (QED) is 0.830. The molecule has 2 aromatic rings. The molecule has 8 heteroatoms. The average Bonchev–Trinajstić information content (AvgIpc) is 2.90. The molecule has 1 unspecified atom stereocenters. The lowest BCUT2D eigenvalue weighted by Crippen LogP contribution is -2.24. The second-order valence-corrected chi connectivity index (χ2v) is 6.41. The van der Waals surface area contributed by atoms with Gasteiger partial charge in [-0.1, -0.05) is 17.3 Å². The van der Waals surface area contributed by atoms with Crippen LogP contribution >= 0.6 is 0 Å². The summed E-state index contributed by atoms with van der Waals surface area (Å²) in [6.45, 7) is 3.60. The Balaban J connectivity index is 2.15. The van der Waals surface area contributed by atoms with E-state index in [4.69, 9.17) is 4.52 Å². The molecule has 0 bridgehead atoms. The van der Waals surface area contributed by atoms with Gasteiger partial charge in [0.1, 0.15) is 0 Å². The average molecular weight is 310 g/mol. The summed E-state index contributed by atoms with van der Waals surface area (Å²) in [6, 6.07) is 6.85. The molecule has 1 aromatic carbocycles. The molecule has 1 aromatic heterocycles. The van der Waals surface area contributed by atoms with Crippen molar-refractivity contribution in [3.8, 4) is 0 Å². The number of aryl methyl sites for hydroxylation is 1. The van der Waals surface area contributed by atoms with Gasteiger partial charge >= 0.3 is 0 Å². The van der Waals surface area contributed by atoms with Crippen LogP contribution in [0.3, 0.4) is 0 Å². The minimum absolute atomic E-state index is 0.0328. The van der Waals surface area contributed by atoms with Crippen LogP contribution in [-0.2, 0) is 16.6 Å². The molecular weight excluding hydrogens is 292 g/mol. The molecule has 0 saturated carbocycles. The Hall–Kier alpha value is -1.77. The summed E-state index contributed by atoms with van der Waals surface area (Å²) in [7, 11) is -1.80. The molecule has 0 radical (unpaired) electrons. The summed E-state index contributed by atoms with van der Waals surface area (Å²) in [6.07, 6.45) is 0. The Bertz CT molecular complexity index is 712. The lowest BCUT2D eigenvalue weighted by atomic mass is 10.1. The van der Waals surface area contributed by atoms with E-state index in [-0.39, 0.29) is 23.4 Å². The van der Waals surface area contributed by atoms with E-state index in [2.05, 4.69) is 20.2 Å². The van der Waals surface area contributed by atoms with Crippen molar-refractivity contribution in [2.75, 3.05) is 7.05 Å². The molecule has 1 atom stereocenters. The van der Waals surface area contributed by atoms with E-state index < -0.39 is 10.0 Å². The van der Waals surface area contributed by atoms with Crippen molar-refractivity contribution in [1.82, 2.24) is 20.2 Å². The molecule has 0 amide bonds. The second kappa shape index (κ2) is 6.33. The summed E-state index contributed by atoms with van der Waals surface area (Å²) >= 11 is 0. The first kappa shape index (κ1) is 15.6. The number of aromatic nitrogens is 2. The van der Waals surface area contributed by atoms with Crippen molar-refractivity contribution in [3.05, 3.63) is 41.5 Å². The highest BCUT2D eigenvalue weighted by molar-refractivity contribution is 7.89. The largest absolute Gasteiger partial charge is 0.338 e. The number of hydrogen-bond donors (Lipinski definition) is 2. The normalized spacial score (nSPS) is 13.3. The maximum absolute atomic E-state index is 12.3. The summed E-state index contributed by atoms with van der Waals surface area (Å²) in [5, 5.41) is 6.68. The standard InChI is InChI=1S/C13H18N4O3S/c1-9(14-3)11-5-4-6-12(7-11)21(18,19)15-8-13-16-10(2)17-20-13/h4-7,9,14-15H,8H2,1-3H3. The lowest BCUT2D eigenvalue weighted by Gasteiger charge is -2.12. The molecule has 2 N–H and O–H groups in total. The molecule has 7 nitrogen and oxygen atoms in total. The third kappa shape index (κ3) is 3.87. The van der Waals surface area contributed by atoms with Crippen LogP contribution in [0.25, 0.3) is 0 Å². The van der Waals surface area contributed by atoms with Crippen LogP contribution in [0.15, 0.2) is 33.7 Å². The fourth-order valence-corrected chi connectivity index (χ4v) is 2.80. The zero-order valence-electron chi connectivity index (χ0n) is 12.1. The Morgan fingerprint density at radius 3 is 2.76 bits per heavy atom. The van der Waals surface area contributed by atoms with Crippen LogP contribution in [0.1, 0.15) is 30.2 Å². The Kier molecular flexibility index (Phi) is 4.71. The van der Waals surface area contributed by atoms with E-state index in [0.717, 1.165) is 5.56 Å². The molecule has 1 heterocycles. The van der Waals surface area contributed by atoms with E-state index in [1.165, 1.54) is 0 Å². The van der Waals surface area contributed by atoms with E-state index in [0.29, 0.717) is 5.82 Å². The van der Waals surface area contributed by atoms with Gasteiger partial charge in [-0.15, -0.1) is 0 Å². The smallest absolute Gasteiger partial charge is 0.241 e. The highest BCUT2D eigenvalue weighted by atomic mass is 32.2. The van der Waals surface area contributed by atoms with Crippen molar-refractivity contribution in [2.24, 2.45) is 0 Å². The minimum atomic E-state index is -3.62. The maximum atomic E-state index is 12.3. The SMILES string of the molecule is CNC(C)c1cccc(S(=O)(=O)NCc2nc(C)no2)c1. The van der Waals surface area contributed by atoms with Gasteiger partial charge in [-0.2, -0.15) is 4.98 Å². The third-order valence-electron chi connectivity index (χ3n) is 3.08. The van der Waals surface area contributed by atoms with Gasteiger partial charge in [0.2, 0.25) is 15.9 Å². The van der Waals surface area contributed by atoms with Gasteiger partial charge in [0.25, 0.3) is 0 Å². The van der Waals surface area contributed by atoms with E-state index in [1.54, 1.807) is 25.1 Å². The van der Waals surface area contributed by atoms with E-state index >= 15 is 0 Å². The number of hydrogen-bond acceptors (Lipinski definition) is 6. The van der Waals surface area contributed by atoms with Gasteiger partial charge in [0, 0.05) is 6.04 Å². The van der Waals surface area contributed by atoms with Gasteiger partial charge in [0.05, 0.1) is 11.4 Å². The fourth-order valence-electron chi connectivity index (χ4n) is 1.77. The van der Waals surface area contributed by atoms with Crippen LogP contribution in [0.4, 0.5) is 0 Å². The number of sulfonamides is 1. The molecule has 21 heavy (non-hydrogen) atoms. The molecule has 0 aliphatic carbocycles. The van der Waals surface area contributed by atoms with Crippen LogP contribution in [0.5, 0.6) is 0 Å². The van der Waals surface area contributed by atoms with E-state index in [1.807, 2.05) is 20.0 Å². The third-order valence-corrected chi connectivity index (χ3v) is 4.48. The van der Waals surface area contributed by atoms with Crippen molar-refractivity contribution in [1.29, 1.82) is 0 Å². The first-order valence-corrected chi connectivity index (χ1v) is 7.97. The predicted octanol–water partition coefficient (Wildman–Crippen LogP) is 1.14. The van der Waals surface area contributed by atoms with Crippen LogP contribution in [-0.4, -0.2) is 25.6 Å². The minimum Gasteiger partial charge on any atom is -0.338 e. The zero-order valence-corrected chi connectivity index (χ0v) is 12.9. The monoisotopic (exact) mass is 310 g/mol. The maximum Gasteiger partial charge on any atom is 0.241 e. The number of nitrogens with zero attached hydrogens (tertiary/aromatic N) is 2. The molecule has 0 spiro atoms. The van der Waals surface area contributed by atoms with Gasteiger partial charge < -0.3 is 9.84 Å². The zero-order chi connectivity index (χ0) is 15.5. The van der Waals surface area contributed by atoms with Gasteiger partial charge in [-0.05, 0) is 38.6 Å². The number of nitrogens with one attached hydrogen (secondary N) is 2. The molecule has 0 saturated heterocycles. The fraction of sp³-hybridized carbons (Fsp3) is 0.385. The van der Waals surface area contributed by atoms with E-state index in [9.17, 15) is 8.42 Å². The van der Waals surface area contributed by atoms with Crippen LogP contribution in [0, 0.1) is 6.92 Å². The highest BCUT2D eigenvalue weighted by Gasteiger charge is 2.16. The first-order valence-electron chi connectivity index (χ1n) is 6.48. The summed E-state index contributed by atoms with van der Waals surface area (Å²) in [5.41, 5.74) is 0.897.